The van der Waals surface area contributed by atoms with Gasteiger partial charge in [0.1, 0.15) is 12.4 Å². The first kappa shape index (κ1) is 36.5. The van der Waals surface area contributed by atoms with Crippen molar-refractivity contribution in [3.05, 3.63) is 102 Å². The van der Waals surface area contributed by atoms with Gasteiger partial charge in [-0.1, -0.05) is 57.5 Å². The van der Waals surface area contributed by atoms with Gasteiger partial charge >= 0.3 is 29.6 Å². The Hall–Kier alpha value is -3.30. The average molecular weight is 660 g/mol. The number of fused-ring (bicyclic) bond motifs is 1. The maximum absolute atomic E-state index is 12.2. The Morgan fingerprint density at radius 2 is 1.70 bits per heavy atom. The number of carboxylic acids is 1. The number of carboxylic acid groups (broad SMARTS) is 1. The second-order valence-electron chi connectivity index (χ2n) is 12.2. The number of pyridine rings is 2. The SMILES string of the molecule is CCCCSc1c(CC(C)(C)C(=O)[O-])n(Cc2ccc(-c3ccc(OCC)nc3)cc2)c2ccc(OCc3ccc(C)cn3)cc12.[Na+]. The van der Waals surface area contributed by atoms with Crippen molar-refractivity contribution in [3.8, 4) is 22.8 Å². The van der Waals surface area contributed by atoms with Gasteiger partial charge in [0.15, 0.2) is 0 Å². The van der Waals surface area contributed by atoms with Crippen LogP contribution in [0.15, 0.2) is 84.0 Å². The molecule has 0 spiro atoms. The van der Waals surface area contributed by atoms with Gasteiger partial charge < -0.3 is 23.9 Å². The van der Waals surface area contributed by atoms with Crippen LogP contribution in [0.3, 0.4) is 0 Å². The van der Waals surface area contributed by atoms with E-state index < -0.39 is 11.4 Å². The molecule has 7 nitrogen and oxygen atoms in total. The smallest absolute Gasteiger partial charge is 0.550 e. The van der Waals surface area contributed by atoms with Crippen molar-refractivity contribution in [2.75, 3.05) is 12.4 Å². The van der Waals surface area contributed by atoms with E-state index in [1.807, 2.05) is 56.6 Å². The predicted octanol–water partition coefficient (Wildman–Crippen LogP) is 4.65. The van der Waals surface area contributed by atoms with Crippen LogP contribution in [0.25, 0.3) is 22.0 Å². The van der Waals surface area contributed by atoms with E-state index in [-0.39, 0.29) is 29.6 Å². The minimum absolute atomic E-state index is 0. The normalized spacial score (nSPS) is 11.3. The van der Waals surface area contributed by atoms with E-state index in [1.54, 1.807) is 25.6 Å². The molecule has 9 heteroatoms. The molecule has 0 aliphatic heterocycles. The van der Waals surface area contributed by atoms with Crippen LogP contribution >= 0.6 is 11.8 Å². The van der Waals surface area contributed by atoms with Crippen molar-refractivity contribution < 1.29 is 48.9 Å². The zero-order chi connectivity index (χ0) is 32.7. The summed E-state index contributed by atoms with van der Waals surface area (Å²) in [7, 11) is 0. The quantitative estimate of drug-likeness (QED) is 0.0919. The zero-order valence-electron chi connectivity index (χ0n) is 28.3. The average Bonchev–Trinajstić information content (AvgIpc) is 3.32. The minimum atomic E-state index is -1.06. The number of rotatable bonds is 15. The molecule has 0 atom stereocenters. The van der Waals surface area contributed by atoms with Crippen molar-refractivity contribution in [2.45, 2.75) is 71.9 Å². The molecule has 47 heavy (non-hydrogen) atoms. The first-order chi connectivity index (χ1) is 22.2. The Labute approximate surface area is 304 Å². The van der Waals surface area contributed by atoms with Crippen LogP contribution in [0.4, 0.5) is 0 Å². The Bertz CT molecular complexity index is 1770. The topological polar surface area (TPSA) is 89.3 Å². The maximum Gasteiger partial charge on any atom is 1.00 e. The molecule has 3 heterocycles. The summed E-state index contributed by atoms with van der Waals surface area (Å²) in [5, 5.41) is 13.3. The number of aliphatic carboxylic acids is 1. The largest absolute Gasteiger partial charge is 1.00 e. The number of carbonyl (C=O) groups excluding carboxylic acids is 1. The third-order valence-corrected chi connectivity index (χ3v) is 9.25. The van der Waals surface area contributed by atoms with Gasteiger partial charge in [-0.15, -0.1) is 11.8 Å². The van der Waals surface area contributed by atoms with Crippen molar-refractivity contribution >= 4 is 28.6 Å². The number of carbonyl (C=O) groups is 1. The molecule has 240 valence electrons. The van der Waals surface area contributed by atoms with Crippen LogP contribution in [-0.4, -0.2) is 32.9 Å². The number of benzene rings is 2. The van der Waals surface area contributed by atoms with Gasteiger partial charge in [0.05, 0.1) is 12.3 Å². The van der Waals surface area contributed by atoms with Crippen molar-refractivity contribution in [1.82, 2.24) is 14.5 Å². The van der Waals surface area contributed by atoms with Gasteiger partial charge in [0.25, 0.3) is 0 Å². The van der Waals surface area contributed by atoms with Crippen LogP contribution in [0.2, 0.25) is 0 Å². The van der Waals surface area contributed by atoms with E-state index in [2.05, 4.69) is 57.9 Å². The molecule has 0 amide bonds. The summed E-state index contributed by atoms with van der Waals surface area (Å²) >= 11 is 1.79. The summed E-state index contributed by atoms with van der Waals surface area (Å²) in [5.74, 6) is 1.25. The third-order valence-electron chi connectivity index (χ3n) is 8.01. The third kappa shape index (κ3) is 9.20. The molecule has 3 aromatic heterocycles. The number of hydrogen-bond donors (Lipinski definition) is 0. The molecule has 0 saturated carbocycles. The van der Waals surface area contributed by atoms with Gasteiger partial charge in [0.2, 0.25) is 5.88 Å². The van der Waals surface area contributed by atoms with Crippen molar-refractivity contribution in [3.63, 3.8) is 0 Å². The number of thioether (sulfide) groups is 1. The Balaban J connectivity index is 0.00000500. The zero-order valence-corrected chi connectivity index (χ0v) is 31.2. The molecule has 2 aromatic carbocycles. The van der Waals surface area contributed by atoms with Crippen LogP contribution < -0.4 is 44.1 Å². The van der Waals surface area contributed by atoms with E-state index in [0.29, 0.717) is 32.1 Å². The Kier molecular flexibility index (Phi) is 13.0. The van der Waals surface area contributed by atoms with E-state index in [9.17, 15) is 9.90 Å². The first-order valence-electron chi connectivity index (χ1n) is 15.9. The van der Waals surface area contributed by atoms with E-state index >= 15 is 0 Å². The van der Waals surface area contributed by atoms with Gasteiger partial charge in [0, 0.05) is 63.4 Å². The van der Waals surface area contributed by atoms with Gasteiger partial charge in [-0.2, -0.15) is 0 Å². The van der Waals surface area contributed by atoms with E-state index in [0.717, 1.165) is 73.8 Å². The summed E-state index contributed by atoms with van der Waals surface area (Å²) in [6.07, 6.45) is 6.17. The number of unbranched alkanes of at least 4 members (excludes halogenated alkanes) is 1. The molecule has 0 radical (unpaired) electrons. The fraction of sp³-hybridized carbons (Fsp3) is 0.342. The minimum Gasteiger partial charge on any atom is -0.550 e. The number of aryl methyl sites for hydroxylation is 1. The van der Waals surface area contributed by atoms with Gasteiger partial charge in [-0.05, 0) is 79.5 Å². The van der Waals surface area contributed by atoms with Crippen LogP contribution in [0.5, 0.6) is 11.6 Å². The molecule has 0 unspecified atom stereocenters. The fourth-order valence-electron chi connectivity index (χ4n) is 5.28. The molecule has 0 bridgehead atoms. The van der Waals surface area contributed by atoms with Gasteiger partial charge in [-0.25, -0.2) is 4.98 Å². The number of aromatic nitrogens is 3. The number of ether oxygens (including phenoxy) is 2. The number of hydrogen-bond acceptors (Lipinski definition) is 7. The molecule has 5 rings (SSSR count). The molecule has 0 saturated heterocycles. The van der Waals surface area contributed by atoms with Crippen molar-refractivity contribution in [2.24, 2.45) is 5.41 Å². The summed E-state index contributed by atoms with van der Waals surface area (Å²) in [6, 6.07) is 22.5. The van der Waals surface area contributed by atoms with Crippen LogP contribution in [0.1, 0.15) is 63.1 Å². The Morgan fingerprint density at radius 1 is 0.936 bits per heavy atom. The molecule has 0 N–H and O–H groups in total. The second-order valence-corrected chi connectivity index (χ2v) is 13.3. The molecule has 0 aliphatic rings. The molecule has 0 fully saturated rings. The van der Waals surface area contributed by atoms with E-state index in [4.69, 9.17) is 9.47 Å². The maximum atomic E-state index is 12.2. The van der Waals surface area contributed by atoms with Crippen LogP contribution in [-0.2, 0) is 24.4 Å². The van der Waals surface area contributed by atoms with Crippen LogP contribution in [0, 0.1) is 12.3 Å². The first-order valence-corrected chi connectivity index (χ1v) is 16.9. The second kappa shape index (κ2) is 16.7. The summed E-state index contributed by atoms with van der Waals surface area (Å²) in [4.78, 5) is 22.2. The van der Waals surface area contributed by atoms with Gasteiger partial charge in [-0.3, -0.25) is 4.98 Å². The Morgan fingerprint density at radius 3 is 2.34 bits per heavy atom. The predicted molar refractivity (Wildman–Crippen MR) is 183 cm³/mol. The molecular formula is C38H42N3NaO4S. The summed E-state index contributed by atoms with van der Waals surface area (Å²) < 4.78 is 14.0. The molecule has 5 aromatic rings. The van der Waals surface area contributed by atoms with Crippen molar-refractivity contribution in [1.29, 1.82) is 0 Å². The summed E-state index contributed by atoms with van der Waals surface area (Å²) in [6.45, 7) is 11.2. The standard InChI is InChI=1S/C38H43N3O4S.Na/c1-6-8-19-46-36-32-20-31(45-25-30-15-9-26(3)22-39-30)16-17-33(32)41(34(36)21-38(4,5)37(42)43)24-27-10-12-28(13-11-27)29-14-18-35(40-23-29)44-7-2;/h9-18,20,22-23H,6-8,19,21,24-25H2,1-5H3,(H,42,43);/q;+1/p-1. The monoisotopic (exact) mass is 659 g/mol. The molecular weight excluding hydrogens is 617 g/mol. The molecule has 0 aliphatic carbocycles. The number of nitrogens with zero attached hydrogens (tertiary/aromatic N) is 3. The fourth-order valence-corrected chi connectivity index (χ4v) is 6.59. The summed E-state index contributed by atoms with van der Waals surface area (Å²) in [5.41, 5.74) is 6.16. The van der Waals surface area contributed by atoms with E-state index in [1.165, 1.54) is 0 Å².